The van der Waals surface area contributed by atoms with Crippen LogP contribution in [0.15, 0.2) is 30.3 Å². The van der Waals surface area contributed by atoms with Crippen LogP contribution in [0.1, 0.15) is 40.2 Å². The molecule has 1 N–H and O–H groups in total. The Balaban J connectivity index is 1.52. The van der Waals surface area contributed by atoms with Gasteiger partial charge in [-0.25, -0.2) is 9.78 Å². The van der Waals surface area contributed by atoms with Gasteiger partial charge in [-0.2, -0.15) is 0 Å². The van der Waals surface area contributed by atoms with E-state index in [0.29, 0.717) is 12.1 Å². The van der Waals surface area contributed by atoms with E-state index in [1.807, 2.05) is 6.92 Å². The molecule has 25 heavy (non-hydrogen) atoms. The van der Waals surface area contributed by atoms with Crippen LogP contribution in [0.25, 0.3) is 0 Å². The maximum atomic E-state index is 11.3. The Kier molecular flexibility index (Phi) is 4.48. The van der Waals surface area contributed by atoms with Crippen molar-refractivity contribution in [3.63, 3.8) is 0 Å². The number of aromatic nitrogens is 1. The van der Waals surface area contributed by atoms with Crippen LogP contribution in [0, 0.1) is 6.92 Å². The number of nitrogens with zero attached hydrogens (tertiary/aromatic N) is 3. The topological polar surface area (TPSA) is 56.7 Å². The van der Waals surface area contributed by atoms with Crippen molar-refractivity contribution in [1.82, 2.24) is 9.88 Å². The molecule has 1 aromatic heterocycles. The molecule has 2 bridgehead atoms. The third-order valence-electron chi connectivity index (χ3n) is 5.40. The van der Waals surface area contributed by atoms with Crippen LogP contribution < -0.4 is 4.90 Å². The summed E-state index contributed by atoms with van der Waals surface area (Å²) in [5, 5.41) is 10.1. The largest absolute Gasteiger partial charge is 0.476 e. The Bertz CT molecular complexity index is 761. The molecule has 0 saturated carbocycles. The van der Waals surface area contributed by atoms with Gasteiger partial charge in [-0.15, -0.1) is 11.3 Å². The first kappa shape index (κ1) is 16.5. The van der Waals surface area contributed by atoms with Gasteiger partial charge < -0.3 is 10.0 Å². The van der Waals surface area contributed by atoms with E-state index in [-0.39, 0.29) is 5.69 Å². The number of rotatable bonds is 4. The van der Waals surface area contributed by atoms with Crippen LogP contribution in [-0.2, 0) is 6.54 Å². The zero-order chi connectivity index (χ0) is 17.4. The molecule has 1 aromatic carbocycles. The van der Waals surface area contributed by atoms with Crippen LogP contribution in [0.3, 0.4) is 0 Å². The minimum Gasteiger partial charge on any atom is -0.476 e. The lowest BCUT2D eigenvalue weighted by Gasteiger charge is -2.28. The van der Waals surface area contributed by atoms with E-state index < -0.39 is 5.97 Å². The van der Waals surface area contributed by atoms with E-state index >= 15 is 0 Å². The number of thiazole rings is 1. The predicted octanol–water partition coefficient (Wildman–Crippen LogP) is 3.39. The molecule has 2 aliphatic rings. The maximum Gasteiger partial charge on any atom is 0.355 e. The molecule has 0 spiro atoms. The number of aryl methyl sites for hydroxylation is 1. The number of carbonyl (C=O) groups is 1. The van der Waals surface area contributed by atoms with Gasteiger partial charge in [0.05, 0.1) is 0 Å². The fourth-order valence-electron chi connectivity index (χ4n) is 4.11. The number of hydrogen-bond acceptors (Lipinski definition) is 5. The minimum atomic E-state index is -0.929. The summed E-state index contributed by atoms with van der Waals surface area (Å²) in [5.74, 6) is -0.929. The molecule has 2 atom stereocenters. The SMILES string of the molecule is Cc1sc(N2CCC3CCC(C2)N3Cc2ccccc2)nc1C(=O)O. The van der Waals surface area contributed by atoms with E-state index in [0.717, 1.165) is 36.1 Å². The van der Waals surface area contributed by atoms with E-state index in [2.05, 4.69) is 45.1 Å². The highest BCUT2D eigenvalue weighted by atomic mass is 32.1. The third-order valence-corrected chi connectivity index (χ3v) is 6.43. The standard InChI is InChI=1S/C19H23N3O2S/c1-13-17(18(23)24)20-19(25-13)21-10-9-15-7-8-16(12-21)22(15)11-14-5-3-2-4-6-14/h2-6,15-16H,7-12H2,1H3,(H,23,24). The number of fused-ring (bicyclic) bond motifs is 2. The summed E-state index contributed by atoms with van der Waals surface area (Å²) in [6.07, 6.45) is 3.59. The van der Waals surface area contributed by atoms with Gasteiger partial charge in [-0.05, 0) is 31.7 Å². The first-order chi connectivity index (χ1) is 12.1. The number of anilines is 1. The van der Waals surface area contributed by atoms with Crippen molar-refractivity contribution in [2.75, 3.05) is 18.0 Å². The van der Waals surface area contributed by atoms with Gasteiger partial charge in [0, 0.05) is 36.6 Å². The molecule has 4 rings (SSSR count). The highest BCUT2D eigenvalue weighted by Crippen LogP contribution is 2.35. The predicted molar refractivity (Wildman–Crippen MR) is 99.4 cm³/mol. The first-order valence-electron chi connectivity index (χ1n) is 8.87. The zero-order valence-electron chi connectivity index (χ0n) is 14.4. The molecule has 0 aliphatic carbocycles. The van der Waals surface area contributed by atoms with Crippen molar-refractivity contribution in [3.8, 4) is 0 Å². The number of hydrogen-bond donors (Lipinski definition) is 1. The highest BCUT2D eigenvalue weighted by Gasteiger charge is 2.37. The van der Waals surface area contributed by atoms with Gasteiger partial charge in [0.15, 0.2) is 10.8 Å². The number of carboxylic acid groups (broad SMARTS) is 1. The lowest BCUT2D eigenvalue weighted by Crippen LogP contribution is -2.38. The molecular weight excluding hydrogens is 334 g/mol. The zero-order valence-corrected chi connectivity index (χ0v) is 15.2. The smallest absolute Gasteiger partial charge is 0.355 e. The fraction of sp³-hybridized carbons (Fsp3) is 0.474. The molecule has 132 valence electrons. The van der Waals surface area contributed by atoms with Gasteiger partial charge in [0.2, 0.25) is 0 Å². The highest BCUT2D eigenvalue weighted by molar-refractivity contribution is 7.15. The van der Waals surface area contributed by atoms with Crippen LogP contribution in [0.4, 0.5) is 5.13 Å². The Labute approximate surface area is 151 Å². The summed E-state index contributed by atoms with van der Waals surface area (Å²) in [5.41, 5.74) is 1.57. The molecule has 2 aliphatic heterocycles. The second-order valence-electron chi connectivity index (χ2n) is 6.98. The monoisotopic (exact) mass is 357 g/mol. The van der Waals surface area contributed by atoms with E-state index in [4.69, 9.17) is 0 Å². The molecule has 5 nitrogen and oxygen atoms in total. The van der Waals surface area contributed by atoms with Crippen molar-refractivity contribution < 1.29 is 9.90 Å². The van der Waals surface area contributed by atoms with Crippen LogP contribution in [0.2, 0.25) is 0 Å². The lowest BCUT2D eigenvalue weighted by atomic mass is 10.1. The Morgan fingerprint density at radius 1 is 1.24 bits per heavy atom. The molecule has 2 aromatic rings. The van der Waals surface area contributed by atoms with Crippen molar-refractivity contribution >= 4 is 22.4 Å². The summed E-state index contributed by atoms with van der Waals surface area (Å²) >= 11 is 1.51. The summed E-state index contributed by atoms with van der Waals surface area (Å²) < 4.78 is 0. The molecule has 6 heteroatoms. The average molecular weight is 357 g/mol. The normalized spacial score (nSPS) is 23.6. The second kappa shape index (κ2) is 6.77. The van der Waals surface area contributed by atoms with Gasteiger partial charge in [0.25, 0.3) is 0 Å². The molecule has 0 amide bonds. The third kappa shape index (κ3) is 3.28. The fourth-order valence-corrected chi connectivity index (χ4v) is 5.05. The quantitative estimate of drug-likeness (QED) is 0.909. The Morgan fingerprint density at radius 3 is 2.72 bits per heavy atom. The van der Waals surface area contributed by atoms with Crippen LogP contribution in [0.5, 0.6) is 0 Å². The summed E-state index contributed by atoms with van der Waals surface area (Å²) in [7, 11) is 0. The number of aromatic carboxylic acids is 1. The Morgan fingerprint density at radius 2 is 2.00 bits per heavy atom. The molecule has 2 saturated heterocycles. The number of carboxylic acids is 1. The van der Waals surface area contributed by atoms with Gasteiger partial charge in [-0.1, -0.05) is 30.3 Å². The van der Waals surface area contributed by atoms with Crippen molar-refractivity contribution in [2.24, 2.45) is 0 Å². The minimum absolute atomic E-state index is 0.204. The average Bonchev–Trinajstić information content (AvgIpc) is 3.09. The molecular formula is C19H23N3O2S. The van der Waals surface area contributed by atoms with E-state index in [1.165, 1.54) is 29.7 Å². The van der Waals surface area contributed by atoms with Crippen LogP contribution in [-0.4, -0.2) is 46.1 Å². The molecule has 3 heterocycles. The maximum absolute atomic E-state index is 11.3. The summed E-state index contributed by atoms with van der Waals surface area (Å²) in [4.78, 5) is 21.4. The van der Waals surface area contributed by atoms with Crippen LogP contribution >= 0.6 is 11.3 Å². The summed E-state index contributed by atoms with van der Waals surface area (Å²) in [6, 6.07) is 11.8. The second-order valence-corrected chi connectivity index (χ2v) is 8.17. The molecule has 2 unspecified atom stereocenters. The molecule has 2 fully saturated rings. The van der Waals surface area contributed by atoms with Crippen molar-refractivity contribution in [1.29, 1.82) is 0 Å². The van der Waals surface area contributed by atoms with E-state index in [9.17, 15) is 9.90 Å². The lowest BCUT2D eigenvalue weighted by molar-refractivity contribution is 0.0690. The summed E-state index contributed by atoms with van der Waals surface area (Å²) in [6.45, 7) is 4.74. The molecule has 0 radical (unpaired) electrons. The van der Waals surface area contributed by atoms with Crippen molar-refractivity contribution in [3.05, 3.63) is 46.5 Å². The van der Waals surface area contributed by atoms with Gasteiger partial charge >= 0.3 is 5.97 Å². The van der Waals surface area contributed by atoms with E-state index in [1.54, 1.807) is 0 Å². The number of benzene rings is 1. The van der Waals surface area contributed by atoms with Crippen molar-refractivity contribution in [2.45, 2.75) is 44.8 Å². The first-order valence-corrected chi connectivity index (χ1v) is 9.69. The van der Waals surface area contributed by atoms with Gasteiger partial charge in [0.1, 0.15) is 0 Å². The Hall–Kier alpha value is -1.92. The van der Waals surface area contributed by atoms with Gasteiger partial charge in [-0.3, -0.25) is 4.90 Å².